The van der Waals surface area contributed by atoms with Gasteiger partial charge in [-0.2, -0.15) is 0 Å². The summed E-state index contributed by atoms with van der Waals surface area (Å²) < 4.78 is 16.2. The summed E-state index contributed by atoms with van der Waals surface area (Å²) in [7, 11) is 1.62. The zero-order chi connectivity index (χ0) is 17.5. The Morgan fingerprint density at radius 3 is 2.32 bits per heavy atom. The average molecular weight is 342 g/mol. The molecule has 2 aromatic carbocycles. The maximum absolute atomic E-state index is 11.9. The predicted molar refractivity (Wildman–Crippen MR) is 95.5 cm³/mol. The van der Waals surface area contributed by atoms with E-state index in [0.717, 1.165) is 31.1 Å². The molecule has 1 atom stereocenters. The number of carbonyl (C=O) groups is 1. The Bertz CT molecular complexity index is 680. The van der Waals surface area contributed by atoms with E-state index in [-0.39, 0.29) is 6.03 Å². The molecule has 1 aliphatic heterocycles. The topological polar surface area (TPSA) is 68.8 Å². The first-order valence-electron chi connectivity index (χ1n) is 8.27. The number of anilines is 1. The van der Waals surface area contributed by atoms with E-state index in [4.69, 9.17) is 14.2 Å². The Morgan fingerprint density at radius 2 is 1.72 bits per heavy atom. The molecule has 132 valence electrons. The second kappa shape index (κ2) is 8.39. The molecule has 3 rings (SSSR count). The fraction of sp³-hybridized carbons (Fsp3) is 0.316. The van der Waals surface area contributed by atoms with Crippen molar-refractivity contribution in [3.8, 4) is 17.2 Å². The summed E-state index contributed by atoms with van der Waals surface area (Å²) in [6.07, 6.45) is 0.998. The van der Waals surface area contributed by atoms with E-state index in [0.29, 0.717) is 23.9 Å². The Kier molecular flexibility index (Phi) is 5.74. The average Bonchev–Trinajstić information content (AvgIpc) is 3.16. The number of urea groups is 1. The van der Waals surface area contributed by atoms with Gasteiger partial charge >= 0.3 is 6.03 Å². The number of methoxy groups -OCH3 is 1. The minimum Gasteiger partial charge on any atom is -0.497 e. The highest BCUT2D eigenvalue weighted by Crippen LogP contribution is 2.24. The molecule has 0 aliphatic carbocycles. The maximum atomic E-state index is 11.9. The second-order valence-electron chi connectivity index (χ2n) is 5.87. The molecule has 2 aromatic rings. The van der Waals surface area contributed by atoms with Gasteiger partial charge in [0.25, 0.3) is 0 Å². The number of carbonyl (C=O) groups excluding carboxylic acids is 1. The Labute approximate surface area is 147 Å². The van der Waals surface area contributed by atoms with Gasteiger partial charge in [-0.05, 0) is 55.0 Å². The number of nitrogens with one attached hydrogen (secondary N) is 2. The highest BCUT2D eigenvalue weighted by molar-refractivity contribution is 5.89. The third-order valence-electron chi connectivity index (χ3n) is 3.98. The van der Waals surface area contributed by atoms with Crippen LogP contribution < -0.4 is 20.1 Å². The zero-order valence-corrected chi connectivity index (χ0v) is 14.2. The molecule has 0 spiro atoms. The van der Waals surface area contributed by atoms with Gasteiger partial charge in [-0.3, -0.25) is 0 Å². The van der Waals surface area contributed by atoms with Crippen molar-refractivity contribution in [1.82, 2.24) is 5.32 Å². The minimum atomic E-state index is -0.212. The van der Waals surface area contributed by atoms with E-state index in [1.54, 1.807) is 19.2 Å². The third-order valence-corrected chi connectivity index (χ3v) is 3.98. The fourth-order valence-electron chi connectivity index (χ4n) is 2.54. The summed E-state index contributed by atoms with van der Waals surface area (Å²) in [6.45, 7) is 2.13. The van der Waals surface area contributed by atoms with Crippen molar-refractivity contribution in [2.24, 2.45) is 5.92 Å². The molecule has 1 saturated heterocycles. The van der Waals surface area contributed by atoms with E-state index < -0.39 is 0 Å². The van der Waals surface area contributed by atoms with Gasteiger partial charge in [0.05, 0.1) is 13.7 Å². The van der Waals surface area contributed by atoms with Crippen LogP contribution in [0.25, 0.3) is 0 Å². The van der Waals surface area contributed by atoms with Gasteiger partial charge in [0.15, 0.2) is 0 Å². The van der Waals surface area contributed by atoms with Gasteiger partial charge in [-0.1, -0.05) is 0 Å². The normalized spacial score (nSPS) is 16.3. The largest absolute Gasteiger partial charge is 0.497 e. The first-order valence-corrected chi connectivity index (χ1v) is 8.27. The number of ether oxygens (including phenoxy) is 3. The van der Waals surface area contributed by atoms with E-state index in [1.807, 2.05) is 36.4 Å². The molecule has 0 saturated carbocycles. The summed E-state index contributed by atoms with van der Waals surface area (Å²) in [5, 5.41) is 5.67. The van der Waals surface area contributed by atoms with Crippen LogP contribution in [0.15, 0.2) is 48.5 Å². The third kappa shape index (κ3) is 5.12. The second-order valence-corrected chi connectivity index (χ2v) is 5.87. The van der Waals surface area contributed by atoms with Crippen LogP contribution in [0.2, 0.25) is 0 Å². The van der Waals surface area contributed by atoms with Crippen LogP contribution in [0, 0.1) is 5.92 Å². The smallest absolute Gasteiger partial charge is 0.319 e. The molecule has 1 aliphatic rings. The Morgan fingerprint density at radius 1 is 1.08 bits per heavy atom. The van der Waals surface area contributed by atoms with Gasteiger partial charge < -0.3 is 24.8 Å². The maximum Gasteiger partial charge on any atom is 0.319 e. The van der Waals surface area contributed by atoms with Gasteiger partial charge in [-0.25, -0.2) is 4.79 Å². The van der Waals surface area contributed by atoms with Crippen LogP contribution in [-0.4, -0.2) is 32.9 Å². The van der Waals surface area contributed by atoms with Gasteiger partial charge in [-0.15, -0.1) is 0 Å². The molecule has 2 N–H and O–H groups in total. The molecular formula is C19H22N2O4. The van der Waals surface area contributed by atoms with Gasteiger partial charge in [0, 0.05) is 24.8 Å². The Hall–Kier alpha value is -2.73. The standard InChI is InChI=1S/C19H22N2O4/c1-23-16-6-8-18(9-7-16)25-17-4-2-15(3-5-17)21-19(22)20-12-14-10-11-24-13-14/h2-9,14H,10-13H2,1H3,(H2,20,21,22). The SMILES string of the molecule is COc1ccc(Oc2ccc(NC(=O)NCC3CCOC3)cc2)cc1. The van der Waals surface area contributed by atoms with Crippen molar-refractivity contribution in [3.05, 3.63) is 48.5 Å². The van der Waals surface area contributed by atoms with Crippen molar-refractivity contribution in [1.29, 1.82) is 0 Å². The lowest BCUT2D eigenvalue weighted by Crippen LogP contribution is -2.33. The summed E-state index contributed by atoms with van der Waals surface area (Å²) in [4.78, 5) is 11.9. The van der Waals surface area contributed by atoms with Crippen LogP contribution in [-0.2, 0) is 4.74 Å². The first-order chi connectivity index (χ1) is 12.2. The van der Waals surface area contributed by atoms with Crippen molar-refractivity contribution in [2.45, 2.75) is 6.42 Å². The number of hydrogen-bond acceptors (Lipinski definition) is 4. The van der Waals surface area contributed by atoms with Crippen molar-refractivity contribution >= 4 is 11.7 Å². The van der Waals surface area contributed by atoms with E-state index >= 15 is 0 Å². The van der Waals surface area contributed by atoms with Crippen molar-refractivity contribution in [3.63, 3.8) is 0 Å². The highest BCUT2D eigenvalue weighted by Gasteiger charge is 2.16. The van der Waals surface area contributed by atoms with E-state index in [2.05, 4.69) is 10.6 Å². The summed E-state index contributed by atoms with van der Waals surface area (Å²) in [5.41, 5.74) is 0.710. The number of benzene rings is 2. The fourth-order valence-corrected chi connectivity index (χ4v) is 2.54. The predicted octanol–water partition coefficient (Wildman–Crippen LogP) is 3.65. The molecule has 1 fully saturated rings. The molecule has 1 unspecified atom stereocenters. The lowest BCUT2D eigenvalue weighted by Gasteiger charge is -2.11. The van der Waals surface area contributed by atoms with Crippen molar-refractivity contribution < 1.29 is 19.0 Å². The van der Waals surface area contributed by atoms with Crippen LogP contribution in [0.5, 0.6) is 17.2 Å². The molecule has 6 nitrogen and oxygen atoms in total. The number of hydrogen-bond donors (Lipinski definition) is 2. The molecule has 1 heterocycles. The zero-order valence-electron chi connectivity index (χ0n) is 14.2. The summed E-state index contributed by atoms with van der Waals surface area (Å²) >= 11 is 0. The monoisotopic (exact) mass is 342 g/mol. The quantitative estimate of drug-likeness (QED) is 0.841. The van der Waals surface area contributed by atoms with Crippen LogP contribution in [0.3, 0.4) is 0 Å². The summed E-state index contributed by atoms with van der Waals surface area (Å²) in [6, 6.07) is 14.4. The lowest BCUT2D eigenvalue weighted by atomic mass is 10.1. The highest BCUT2D eigenvalue weighted by atomic mass is 16.5. The van der Waals surface area contributed by atoms with Gasteiger partial charge in [0.2, 0.25) is 0 Å². The van der Waals surface area contributed by atoms with Crippen LogP contribution in [0.1, 0.15) is 6.42 Å². The van der Waals surface area contributed by atoms with Crippen LogP contribution in [0.4, 0.5) is 10.5 Å². The van der Waals surface area contributed by atoms with E-state index in [9.17, 15) is 4.79 Å². The molecule has 25 heavy (non-hydrogen) atoms. The number of amides is 2. The minimum absolute atomic E-state index is 0.212. The number of rotatable bonds is 6. The molecule has 6 heteroatoms. The Balaban J connectivity index is 1.48. The first kappa shape index (κ1) is 17.1. The molecule has 0 bridgehead atoms. The molecular weight excluding hydrogens is 320 g/mol. The summed E-state index contributed by atoms with van der Waals surface area (Å²) in [5.74, 6) is 2.60. The molecule has 2 amide bonds. The van der Waals surface area contributed by atoms with Gasteiger partial charge in [0.1, 0.15) is 17.2 Å². The van der Waals surface area contributed by atoms with Crippen LogP contribution >= 0.6 is 0 Å². The van der Waals surface area contributed by atoms with Crippen molar-refractivity contribution in [2.75, 3.05) is 32.2 Å². The molecule has 0 radical (unpaired) electrons. The van der Waals surface area contributed by atoms with E-state index in [1.165, 1.54) is 0 Å². The lowest BCUT2D eigenvalue weighted by molar-refractivity contribution is 0.185. The molecule has 0 aromatic heterocycles.